The van der Waals surface area contributed by atoms with Crippen molar-refractivity contribution in [2.24, 2.45) is 4.99 Å². The first-order valence-corrected chi connectivity index (χ1v) is 7.96. The van der Waals surface area contributed by atoms with Crippen LogP contribution >= 0.6 is 12.4 Å². The van der Waals surface area contributed by atoms with E-state index in [1.165, 1.54) is 11.8 Å². The number of halogens is 1. The average Bonchev–Trinajstić information content (AvgIpc) is 2.69. The van der Waals surface area contributed by atoms with Crippen LogP contribution in [0.5, 0.6) is 0 Å². The average molecular weight is 301 g/mol. The second-order valence-electron chi connectivity index (χ2n) is 5.09. The van der Waals surface area contributed by atoms with Crippen LogP contribution in [0.1, 0.15) is 18.4 Å². The molecule has 1 fully saturated rings. The smallest absolute Gasteiger partial charge is 0.211 e. The Balaban J connectivity index is 0.00000133. The van der Waals surface area contributed by atoms with Crippen molar-refractivity contribution < 1.29 is 8.42 Å². The third-order valence-corrected chi connectivity index (χ3v) is 5.28. The van der Waals surface area contributed by atoms with Gasteiger partial charge in [0.05, 0.1) is 11.9 Å². The molecule has 3 rings (SSSR count). The van der Waals surface area contributed by atoms with Crippen molar-refractivity contribution >= 4 is 34.3 Å². The highest BCUT2D eigenvalue weighted by molar-refractivity contribution is 7.88. The van der Waals surface area contributed by atoms with E-state index in [2.05, 4.69) is 11.1 Å². The molecule has 2 heterocycles. The van der Waals surface area contributed by atoms with Gasteiger partial charge < -0.3 is 0 Å². The van der Waals surface area contributed by atoms with Gasteiger partial charge in [-0.25, -0.2) is 12.7 Å². The summed E-state index contributed by atoms with van der Waals surface area (Å²) in [4.78, 5) is 4.47. The third-order valence-electron chi connectivity index (χ3n) is 3.97. The number of piperidine rings is 1. The van der Waals surface area contributed by atoms with E-state index >= 15 is 0 Å². The molecule has 0 bridgehead atoms. The normalized spacial score (nSPS) is 21.1. The van der Waals surface area contributed by atoms with Gasteiger partial charge in [-0.05, 0) is 24.5 Å². The maximum Gasteiger partial charge on any atom is 0.211 e. The summed E-state index contributed by atoms with van der Waals surface area (Å²) >= 11 is 0. The van der Waals surface area contributed by atoms with Crippen LogP contribution in [0.3, 0.4) is 0 Å². The van der Waals surface area contributed by atoms with Gasteiger partial charge in [0.25, 0.3) is 0 Å². The highest BCUT2D eigenvalue weighted by atomic mass is 35.5. The van der Waals surface area contributed by atoms with Gasteiger partial charge in [-0.3, -0.25) is 4.99 Å². The number of aliphatic imine (C=N–C) groups is 1. The predicted octanol–water partition coefficient (Wildman–Crippen LogP) is 2.12. The standard InChI is InChI=1S/C13H16N2O2S.ClH/c1-18(16,17)15-8-6-13(7-9-15)10-14-12-5-3-2-4-11(12)13;/h2-5,10H,6-9H2,1H3;1H. The quantitative estimate of drug-likeness (QED) is 0.797. The zero-order chi connectivity index (χ0) is 12.8. The molecule has 4 nitrogen and oxygen atoms in total. The molecular formula is C13H17ClN2O2S. The van der Waals surface area contributed by atoms with E-state index in [0.717, 1.165) is 18.5 Å². The summed E-state index contributed by atoms with van der Waals surface area (Å²) in [7, 11) is -3.06. The van der Waals surface area contributed by atoms with Crippen LogP contribution in [0.4, 0.5) is 5.69 Å². The molecule has 1 aromatic rings. The molecule has 2 aliphatic heterocycles. The van der Waals surface area contributed by atoms with E-state index < -0.39 is 10.0 Å². The zero-order valence-corrected chi connectivity index (χ0v) is 12.4. The maximum atomic E-state index is 11.5. The van der Waals surface area contributed by atoms with Crippen molar-refractivity contribution in [1.29, 1.82) is 0 Å². The van der Waals surface area contributed by atoms with E-state index in [1.54, 1.807) is 4.31 Å². The molecule has 0 N–H and O–H groups in total. The monoisotopic (exact) mass is 300 g/mol. The molecule has 6 heteroatoms. The second-order valence-corrected chi connectivity index (χ2v) is 7.08. The molecule has 0 atom stereocenters. The fraction of sp³-hybridized carbons (Fsp3) is 0.462. The molecule has 1 spiro atoms. The van der Waals surface area contributed by atoms with Gasteiger partial charge in [-0.15, -0.1) is 12.4 Å². The first kappa shape index (κ1) is 14.5. The Hall–Kier alpha value is -0.910. The summed E-state index contributed by atoms with van der Waals surface area (Å²) < 4.78 is 24.6. The lowest BCUT2D eigenvalue weighted by molar-refractivity contribution is 0.293. The van der Waals surface area contributed by atoms with Crippen molar-refractivity contribution in [1.82, 2.24) is 4.31 Å². The third kappa shape index (κ3) is 2.42. The summed E-state index contributed by atoms with van der Waals surface area (Å²) in [5, 5.41) is 0. The number of fused-ring (bicyclic) bond motifs is 2. The molecule has 1 aromatic carbocycles. The minimum absolute atomic E-state index is 0. The molecule has 0 aromatic heterocycles. The van der Waals surface area contributed by atoms with Gasteiger partial charge in [0.2, 0.25) is 10.0 Å². The number of sulfonamides is 1. The Morgan fingerprint density at radius 2 is 1.84 bits per heavy atom. The van der Waals surface area contributed by atoms with Crippen molar-refractivity contribution in [3.05, 3.63) is 29.8 Å². The molecule has 104 valence electrons. The molecule has 0 aliphatic carbocycles. The Morgan fingerprint density at radius 3 is 2.47 bits per heavy atom. The number of hydrogen-bond acceptors (Lipinski definition) is 3. The van der Waals surface area contributed by atoms with Crippen LogP contribution in [-0.4, -0.2) is 38.3 Å². The lowest BCUT2D eigenvalue weighted by Crippen LogP contribution is -2.44. The van der Waals surface area contributed by atoms with Gasteiger partial charge in [0, 0.05) is 24.7 Å². The second kappa shape index (κ2) is 4.89. The van der Waals surface area contributed by atoms with Crippen LogP contribution in [-0.2, 0) is 15.4 Å². The summed E-state index contributed by atoms with van der Waals surface area (Å²) in [5.74, 6) is 0. The Morgan fingerprint density at radius 1 is 1.21 bits per heavy atom. The fourth-order valence-corrected chi connectivity index (χ4v) is 3.73. The zero-order valence-electron chi connectivity index (χ0n) is 10.7. The van der Waals surface area contributed by atoms with Gasteiger partial charge in [0.15, 0.2) is 0 Å². The molecule has 0 unspecified atom stereocenters. The SMILES string of the molecule is CS(=O)(=O)N1CCC2(C=Nc3ccccc32)CC1.Cl. The summed E-state index contributed by atoms with van der Waals surface area (Å²) in [5.41, 5.74) is 2.24. The number of para-hydroxylation sites is 1. The molecule has 0 radical (unpaired) electrons. The van der Waals surface area contributed by atoms with Crippen LogP contribution in [0.2, 0.25) is 0 Å². The highest BCUT2D eigenvalue weighted by Gasteiger charge is 2.40. The van der Waals surface area contributed by atoms with Crippen molar-refractivity contribution in [3.8, 4) is 0 Å². The predicted molar refractivity (Wildman–Crippen MR) is 79.2 cm³/mol. The van der Waals surface area contributed by atoms with Crippen molar-refractivity contribution in [2.45, 2.75) is 18.3 Å². The first-order valence-electron chi connectivity index (χ1n) is 6.11. The number of hydrogen-bond donors (Lipinski definition) is 0. The molecular weight excluding hydrogens is 284 g/mol. The Labute approximate surface area is 120 Å². The molecule has 1 saturated heterocycles. The van der Waals surface area contributed by atoms with E-state index in [0.29, 0.717) is 13.1 Å². The first-order chi connectivity index (χ1) is 8.51. The largest absolute Gasteiger partial charge is 0.260 e. The number of nitrogens with zero attached hydrogens (tertiary/aromatic N) is 2. The highest BCUT2D eigenvalue weighted by Crippen LogP contribution is 2.43. The van der Waals surface area contributed by atoms with Gasteiger partial charge in [0.1, 0.15) is 0 Å². The lowest BCUT2D eigenvalue weighted by Gasteiger charge is -2.37. The number of rotatable bonds is 1. The molecule has 0 saturated carbocycles. The van der Waals surface area contributed by atoms with Gasteiger partial charge in [-0.1, -0.05) is 18.2 Å². The topological polar surface area (TPSA) is 49.7 Å². The molecule has 19 heavy (non-hydrogen) atoms. The number of benzene rings is 1. The van der Waals surface area contributed by atoms with E-state index in [1.807, 2.05) is 24.4 Å². The summed E-state index contributed by atoms with van der Waals surface area (Å²) in [6, 6.07) is 8.14. The van der Waals surface area contributed by atoms with Crippen LogP contribution in [0.15, 0.2) is 29.3 Å². The van der Waals surface area contributed by atoms with E-state index in [9.17, 15) is 8.42 Å². The van der Waals surface area contributed by atoms with E-state index in [4.69, 9.17) is 0 Å². The fourth-order valence-electron chi connectivity index (χ4n) is 2.89. The van der Waals surface area contributed by atoms with Crippen molar-refractivity contribution in [3.63, 3.8) is 0 Å². The summed E-state index contributed by atoms with van der Waals surface area (Å²) in [6.45, 7) is 1.17. The van der Waals surface area contributed by atoms with E-state index in [-0.39, 0.29) is 17.8 Å². The van der Waals surface area contributed by atoms with Gasteiger partial charge in [-0.2, -0.15) is 0 Å². The maximum absolute atomic E-state index is 11.5. The van der Waals surface area contributed by atoms with Gasteiger partial charge >= 0.3 is 0 Å². The Bertz CT molecular complexity index is 605. The van der Waals surface area contributed by atoms with Crippen LogP contribution < -0.4 is 0 Å². The van der Waals surface area contributed by atoms with Crippen molar-refractivity contribution in [2.75, 3.05) is 19.3 Å². The van der Waals surface area contributed by atoms with Crippen LogP contribution in [0.25, 0.3) is 0 Å². The Kier molecular flexibility index (Phi) is 3.73. The molecule has 0 amide bonds. The minimum Gasteiger partial charge on any atom is -0.260 e. The minimum atomic E-state index is -3.06. The van der Waals surface area contributed by atoms with Crippen LogP contribution in [0, 0.1) is 0 Å². The lowest BCUT2D eigenvalue weighted by atomic mass is 9.75. The summed E-state index contributed by atoms with van der Waals surface area (Å²) in [6.07, 6.45) is 4.93. The molecule has 2 aliphatic rings.